The van der Waals surface area contributed by atoms with Crippen LogP contribution in [0.4, 0.5) is 21.7 Å². The average Bonchev–Trinajstić information content (AvgIpc) is 3.15. The summed E-state index contributed by atoms with van der Waals surface area (Å²) in [7, 11) is 3.96. The van der Waals surface area contributed by atoms with E-state index in [4.69, 9.17) is 0 Å². The molecule has 0 bridgehead atoms. The zero-order chi connectivity index (χ0) is 20.6. The van der Waals surface area contributed by atoms with E-state index in [-0.39, 0.29) is 11.7 Å². The molecule has 10 heteroatoms. The maximum absolute atomic E-state index is 13.1. The van der Waals surface area contributed by atoms with Gasteiger partial charge in [0.25, 0.3) is 0 Å². The molecule has 29 heavy (non-hydrogen) atoms. The molecule has 1 heterocycles. The van der Waals surface area contributed by atoms with Gasteiger partial charge in [0.05, 0.1) is 12.0 Å². The number of carbonyl (C=O) groups is 1. The van der Waals surface area contributed by atoms with E-state index >= 15 is 0 Å². The highest BCUT2D eigenvalue weighted by molar-refractivity contribution is 7.99. The Hall–Kier alpha value is -3.40. The molecule has 0 spiro atoms. The number of hydrogen-bond donors (Lipinski definition) is 3. The van der Waals surface area contributed by atoms with Crippen LogP contribution in [0.5, 0.6) is 0 Å². The highest BCUT2D eigenvalue weighted by atomic mass is 32.2. The zero-order valence-corrected chi connectivity index (χ0v) is 16.7. The van der Waals surface area contributed by atoms with Crippen molar-refractivity contribution in [1.29, 1.82) is 0 Å². The van der Waals surface area contributed by atoms with Crippen LogP contribution in [-0.2, 0) is 4.79 Å². The molecule has 0 unspecified atom stereocenters. The van der Waals surface area contributed by atoms with Crippen molar-refractivity contribution in [3.8, 4) is 0 Å². The first-order valence-electron chi connectivity index (χ1n) is 8.67. The van der Waals surface area contributed by atoms with E-state index in [1.165, 1.54) is 18.2 Å². The van der Waals surface area contributed by atoms with Crippen molar-refractivity contribution in [2.75, 3.05) is 35.5 Å². The number of nitrogens with zero attached hydrogens (tertiary/aromatic N) is 4. The lowest BCUT2D eigenvalue weighted by Gasteiger charge is -2.11. The van der Waals surface area contributed by atoms with Crippen LogP contribution >= 0.6 is 11.8 Å². The molecule has 0 aliphatic rings. The number of hydrogen-bond acceptors (Lipinski definition) is 7. The summed E-state index contributed by atoms with van der Waals surface area (Å²) in [5.74, 6) is -0.234. The first kappa shape index (κ1) is 20.3. The number of aromatic nitrogens is 3. The van der Waals surface area contributed by atoms with Crippen LogP contribution in [-0.4, -0.2) is 47.2 Å². The summed E-state index contributed by atoms with van der Waals surface area (Å²) in [6, 6.07) is 13.6. The lowest BCUT2D eigenvalue weighted by molar-refractivity contribution is -0.113. The Morgan fingerprint density at radius 1 is 1.28 bits per heavy atom. The smallest absolute Gasteiger partial charge is 0.240 e. The van der Waals surface area contributed by atoms with Gasteiger partial charge in [-0.3, -0.25) is 4.79 Å². The lowest BCUT2D eigenvalue weighted by Crippen LogP contribution is -2.14. The third-order valence-corrected chi connectivity index (χ3v) is 4.55. The van der Waals surface area contributed by atoms with Gasteiger partial charge in [0.1, 0.15) is 5.82 Å². The fraction of sp³-hybridized carbons (Fsp3) is 0.158. The van der Waals surface area contributed by atoms with Gasteiger partial charge in [0, 0.05) is 25.5 Å². The van der Waals surface area contributed by atoms with Gasteiger partial charge in [0.15, 0.2) is 0 Å². The van der Waals surface area contributed by atoms with Crippen molar-refractivity contribution in [3.63, 3.8) is 0 Å². The number of aromatic amines is 1. The molecule has 1 amide bonds. The van der Waals surface area contributed by atoms with Gasteiger partial charge in [-0.15, -0.1) is 5.10 Å². The highest BCUT2D eigenvalue weighted by Gasteiger charge is 2.08. The van der Waals surface area contributed by atoms with Crippen molar-refractivity contribution in [3.05, 3.63) is 59.9 Å². The average molecular weight is 413 g/mol. The normalized spacial score (nSPS) is 10.9. The van der Waals surface area contributed by atoms with Crippen LogP contribution < -0.4 is 15.6 Å². The Balaban J connectivity index is 1.46. The van der Waals surface area contributed by atoms with Gasteiger partial charge in [0.2, 0.25) is 17.0 Å². The monoisotopic (exact) mass is 413 g/mol. The number of anilines is 3. The highest BCUT2D eigenvalue weighted by Crippen LogP contribution is 2.16. The molecule has 2 aromatic carbocycles. The number of hydrazone groups is 1. The van der Waals surface area contributed by atoms with E-state index in [0.29, 0.717) is 16.8 Å². The van der Waals surface area contributed by atoms with Crippen LogP contribution in [0.15, 0.2) is 58.8 Å². The Bertz CT molecular complexity index is 988. The number of thioether (sulfide) groups is 1. The van der Waals surface area contributed by atoms with Crippen LogP contribution in [0.25, 0.3) is 0 Å². The van der Waals surface area contributed by atoms with Crippen molar-refractivity contribution < 1.29 is 9.18 Å². The minimum Gasteiger partial charge on any atom is -0.378 e. The molecule has 3 aromatic rings. The number of nitrogens with one attached hydrogen (secondary N) is 3. The Kier molecular flexibility index (Phi) is 6.80. The fourth-order valence-corrected chi connectivity index (χ4v) is 2.88. The van der Waals surface area contributed by atoms with Crippen LogP contribution in [0, 0.1) is 5.82 Å². The van der Waals surface area contributed by atoms with E-state index in [1.54, 1.807) is 12.3 Å². The van der Waals surface area contributed by atoms with Gasteiger partial charge < -0.3 is 10.2 Å². The third-order valence-electron chi connectivity index (χ3n) is 3.70. The molecule has 0 aliphatic carbocycles. The van der Waals surface area contributed by atoms with Crippen LogP contribution in [0.3, 0.4) is 0 Å². The quantitative estimate of drug-likeness (QED) is 0.298. The zero-order valence-electron chi connectivity index (χ0n) is 15.9. The second kappa shape index (κ2) is 9.69. The molecule has 0 radical (unpaired) electrons. The second-order valence-electron chi connectivity index (χ2n) is 6.17. The molecule has 3 N–H and O–H groups in total. The Morgan fingerprint density at radius 2 is 2.07 bits per heavy atom. The molecule has 0 aliphatic heterocycles. The van der Waals surface area contributed by atoms with Crippen LogP contribution in [0.1, 0.15) is 5.56 Å². The molecule has 8 nitrogen and oxygen atoms in total. The number of H-pyrrole nitrogens is 1. The maximum atomic E-state index is 13.1. The topological polar surface area (TPSA) is 98.3 Å². The molecular weight excluding hydrogens is 393 g/mol. The summed E-state index contributed by atoms with van der Waals surface area (Å²) in [6.45, 7) is 0. The molecule has 150 valence electrons. The first-order chi connectivity index (χ1) is 14.0. The summed E-state index contributed by atoms with van der Waals surface area (Å²) in [5, 5.41) is 13.8. The number of amides is 1. The van der Waals surface area contributed by atoms with Crippen molar-refractivity contribution in [2.45, 2.75) is 5.16 Å². The van der Waals surface area contributed by atoms with E-state index in [1.807, 2.05) is 43.3 Å². The van der Waals surface area contributed by atoms with Crippen molar-refractivity contribution in [1.82, 2.24) is 15.2 Å². The maximum Gasteiger partial charge on any atom is 0.240 e. The van der Waals surface area contributed by atoms with Gasteiger partial charge in [-0.25, -0.2) is 14.9 Å². The van der Waals surface area contributed by atoms with E-state index in [0.717, 1.165) is 23.0 Å². The predicted molar refractivity (Wildman–Crippen MR) is 114 cm³/mol. The minimum atomic E-state index is -0.408. The Labute approximate surface area is 171 Å². The molecule has 0 fully saturated rings. The summed E-state index contributed by atoms with van der Waals surface area (Å²) in [6.07, 6.45) is 1.67. The largest absolute Gasteiger partial charge is 0.378 e. The summed E-state index contributed by atoms with van der Waals surface area (Å²) in [5.41, 5.74) is 5.20. The second-order valence-corrected chi connectivity index (χ2v) is 7.11. The Morgan fingerprint density at radius 3 is 2.79 bits per heavy atom. The van der Waals surface area contributed by atoms with Gasteiger partial charge in [-0.2, -0.15) is 10.1 Å². The standard InChI is InChI=1S/C19H20FN7OS/c1-27(2)16-8-6-13(7-9-16)11-21-24-18-23-19(26-25-18)29-12-17(28)22-15-5-3-4-14(20)10-15/h3-11H,12H2,1-2H3,(H,22,28)(H2,23,24,25,26)/b21-11-. The molecule has 0 atom stereocenters. The predicted octanol–water partition coefficient (Wildman–Crippen LogP) is 3.19. The number of halogens is 1. The van der Waals surface area contributed by atoms with E-state index in [9.17, 15) is 9.18 Å². The van der Waals surface area contributed by atoms with Crippen LogP contribution in [0.2, 0.25) is 0 Å². The summed E-state index contributed by atoms with van der Waals surface area (Å²) in [4.78, 5) is 18.2. The molecule has 0 saturated heterocycles. The fourth-order valence-electron chi connectivity index (χ4n) is 2.28. The SMILES string of the molecule is CN(C)c1ccc(/C=N\Nc2nc(SCC(=O)Nc3cccc(F)c3)n[nH]2)cc1. The lowest BCUT2D eigenvalue weighted by atomic mass is 10.2. The number of carbonyl (C=O) groups excluding carboxylic acids is 1. The van der Waals surface area contributed by atoms with Gasteiger partial charge in [-0.05, 0) is 35.9 Å². The molecular formula is C19H20FN7OS. The van der Waals surface area contributed by atoms with E-state index < -0.39 is 5.82 Å². The first-order valence-corrected chi connectivity index (χ1v) is 9.65. The summed E-state index contributed by atoms with van der Waals surface area (Å²) >= 11 is 1.15. The van der Waals surface area contributed by atoms with Crippen molar-refractivity contribution in [2.24, 2.45) is 5.10 Å². The molecule has 1 aromatic heterocycles. The van der Waals surface area contributed by atoms with Gasteiger partial charge in [-0.1, -0.05) is 30.0 Å². The van der Waals surface area contributed by atoms with Crippen molar-refractivity contribution >= 4 is 41.2 Å². The summed E-state index contributed by atoms with van der Waals surface area (Å²) < 4.78 is 13.1. The minimum absolute atomic E-state index is 0.0926. The number of benzene rings is 2. The molecule has 3 rings (SSSR count). The van der Waals surface area contributed by atoms with Gasteiger partial charge >= 0.3 is 0 Å². The molecule has 0 saturated carbocycles. The number of rotatable bonds is 8. The third kappa shape index (κ3) is 6.32. The van der Waals surface area contributed by atoms with E-state index in [2.05, 4.69) is 31.0 Å².